The molecule has 19 heavy (non-hydrogen) atoms. The number of nitrogens with two attached hydrogens (primary N) is 1. The Morgan fingerprint density at radius 1 is 1.58 bits per heavy atom. The van der Waals surface area contributed by atoms with Gasteiger partial charge in [0.05, 0.1) is 17.3 Å². The summed E-state index contributed by atoms with van der Waals surface area (Å²) in [5, 5.41) is 13.1. The van der Waals surface area contributed by atoms with Crippen molar-refractivity contribution in [3.63, 3.8) is 0 Å². The van der Waals surface area contributed by atoms with Crippen molar-refractivity contribution in [2.45, 2.75) is 19.9 Å². The van der Waals surface area contributed by atoms with Crippen LogP contribution in [-0.2, 0) is 18.4 Å². The maximum atomic E-state index is 11.4. The molecule has 1 aromatic rings. The van der Waals surface area contributed by atoms with Gasteiger partial charge in [-0.2, -0.15) is 5.10 Å². The molecule has 0 spiro atoms. The first-order valence-electron chi connectivity index (χ1n) is 6.10. The topological polar surface area (TPSA) is 101 Å². The number of hydrogen-bond acceptors (Lipinski definition) is 4. The van der Waals surface area contributed by atoms with Gasteiger partial charge in [0, 0.05) is 20.1 Å². The monoisotopic (exact) mass is 266 g/mol. The van der Waals surface area contributed by atoms with Crippen molar-refractivity contribution in [3.8, 4) is 0 Å². The highest BCUT2D eigenvalue weighted by Crippen LogP contribution is 2.30. The average Bonchev–Trinajstić information content (AvgIpc) is 2.86. The number of amides is 1. The van der Waals surface area contributed by atoms with Crippen molar-refractivity contribution in [3.05, 3.63) is 17.5 Å². The first-order chi connectivity index (χ1) is 8.83. The highest BCUT2D eigenvalue weighted by molar-refractivity contribution is 5.88. The standard InChI is InChI=1S/C12H18N4O3/c1-12(11(13)19)3-4-16(7-12)6-9-8(10(17)18)5-14-15(9)2/h5H,3-4,6-7H2,1-2H3,(H2,13,19)(H,17,18). The normalized spacial score (nSPS) is 23.7. The van der Waals surface area contributed by atoms with Crippen LogP contribution in [-0.4, -0.2) is 44.8 Å². The number of hydrogen-bond donors (Lipinski definition) is 2. The molecule has 0 aliphatic carbocycles. The number of carbonyl (C=O) groups is 2. The fourth-order valence-electron chi connectivity index (χ4n) is 2.43. The quantitative estimate of drug-likeness (QED) is 0.787. The number of carboxylic acids is 1. The first kappa shape index (κ1) is 13.5. The maximum absolute atomic E-state index is 11.4. The van der Waals surface area contributed by atoms with Gasteiger partial charge >= 0.3 is 5.97 Å². The second-order valence-electron chi connectivity index (χ2n) is 5.32. The Balaban J connectivity index is 2.14. The Hall–Kier alpha value is -1.89. The fraction of sp³-hybridized carbons (Fsp3) is 0.583. The summed E-state index contributed by atoms with van der Waals surface area (Å²) in [6.45, 7) is 3.58. The molecule has 1 unspecified atom stereocenters. The van der Waals surface area contributed by atoms with Crippen LogP contribution in [0.25, 0.3) is 0 Å². The largest absolute Gasteiger partial charge is 0.478 e. The number of primary amides is 1. The fourth-order valence-corrected chi connectivity index (χ4v) is 2.43. The number of rotatable bonds is 4. The van der Waals surface area contributed by atoms with E-state index in [2.05, 4.69) is 5.10 Å². The minimum Gasteiger partial charge on any atom is -0.478 e. The summed E-state index contributed by atoms with van der Waals surface area (Å²) < 4.78 is 1.56. The van der Waals surface area contributed by atoms with E-state index >= 15 is 0 Å². The molecular formula is C12H18N4O3. The van der Waals surface area contributed by atoms with Gasteiger partial charge in [-0.1, -0.05) is 0 Å². The van der Waals surface area contributed by atoms with Crippen LogP contribution in [0, 0.1) is 5.41 Å². The van der Waals surface area contributed by atoms with Crippen molar-refractivity contribution in [1.82, 2.24) is 14.7 Å². The lowest BCUT2D eigenvalue weighted by molar-refractivity contribution is -0.126. The molecule has 1 aliphatic heterocycles. The molecule has 2 heterocycles. The Labute approximate surface area is 111 Å². The molecule has 0 saturated carbocycles. The molecule has 0 aromatic carbocycles. The van der Waals surface area contributed by atoms with Gasteiger partial charge in [-0.3, -0.25) is 14.4 Å². The zero-order chi connectivity index (χ0) is 14.2. The van der Waals surface area contributed by atoms with Gasteiger partial charge in [0.2, 0.25) is 5.91 Å². The van der Waals surface area contributed by atoms with Gasteiger partial charge in [0.15, 0.2) is 0 Å². The number of likely N-dealkylation sites (tertiary alicyclic amines) is 1. The molecular weight excluding hydrogens is 248 g/mol. The van der Waals surface area contributed by atoms with Crippen molar-refractivity contribution >= 4 is 11.9 Å². The Morgan fingerprint density at radius 3 is 2.79 bits per heavy atom. The minimum absolute atomic E-state index is 0.204. The van der Waals surface area contributed by atoms with Crippen LogP contribution in [0.5, 0.6) is 0 Å². The van der Waals surface area contributed by atoms with E-state index in [0.29, 0.717) is 25.2 Å². The lowest BCUT2D eigenvalue weighted by atomic mass is 9.89. The molecule has 7 heteroatoms. The van der Waals surface area contributed by atoms with Crippen molar-refractivity contribution in [2.24, 2.45) is 18.2 Å². The maximum Gasteiger partial charge on any atom is 0.339 e. The predicted molar refractivity (Wildman–Crippen MR) is 67.4 cm³/mol. The molecule has 104 valence electrons. The summed E-state index contributed by atoms with van der Waals surface area (Å²) in [7, 11) is 1.71. The number of aromatic carboxylic acids is 1. The number of nitrogens with zero attached hydrogens (tertiary/aromatic N) is 3. The summed E-state index contributed by atoms with van der Waals surface area (Å²) in [5.41, 5.74) is 5.72. The zero-order valence-corrected chi connectivity index (χ0v) is 11.1. The lowest BCUT2D eigenvalue weighted by Crippen LogP contribution is -2.37. The van der Waals surface area contributed by atoms with E-state index in [4.69, 9.17) is 10.8 Å². The van der Waals surface area contributed by atoms with Crippen LogP contribution < -0.4 is 5.73 Å². The van der Waals surface area contributed by atoms with Gasteiger partial charge in [-0.05, 0) is 19.9 Å². The Bertz CT molecular complexity index is 525. The van der Waals surface area contributed by atoms with E-state index in [9.17, 15) is 9.59 Å². The van der Waals surface area contributed by atoms with Crippen molar-refractivity contribution in [1.29, 1.82) is 0 Å². The minimum atomic E-state index is -0.986. The smallest absolute Gasteiger partial charge is 0.339 e. The summed E-state index contributed by atoms with van der Waals surface area (Å²) in [6, 6.07) is 0. The molecule has 1 saturated heterocycles. The van der Waals surface area contributed by atoms with E-state index in [1.807, 2.05) is 11.8 Å². The SMILES string of the molecule is Cn1ncc(C(=O)O)c1CN1CCC(C)(C(N)=O)C1. The third kappa shape index (κ3) is 2.46. The number of carboxylic acid groups (broad SMARTS) is 1. The van der Waals surface area contributed by atoms with Crippen LogP contribution >= 0.6 is 0 Å². The second-order valence-corrected chi connectivity index (χ2v) is 5.32. The van der Waals surface area contributed by atoms with E-state index in [1.165, 1.54) is 6.20 Å². The molecule has 1 amide bonds. The summed E-state index contributed by atoms with van der Waals surface area (Å²) in [5.74, 6) is -1.29. The van der Waals surface area contributed by atoms with Crippen LogP contribution in [0.15, 0.2) is 6.20 Å². The van der Waals surface area contributed by atoms with Gasteiger partial charge < -0.3 is 10.8 Å². The molecule has 7 nitrogen and oxygen atoms in total. The average molecular weight is 266 g/mol. The van der Waals surface area contributed by atoms with Crippen LogP contribution in [0.2, 0.25) is 0 Å². The third-order valence-electron chi connectivity index (χ3n) is 3.81. The van der Waals surface area contributed by atoms with Gasteiger partial charge in [0.25, 0.3) is 0 Å². The molecule has 2 rings (SSSR count). The molecule has 0 bridgehead atoms. The summed E-state index contributed by atoms with van der Waals surface area (Å²) in [6.07, 6.45) is 2.05. The van der Waals surface area contributed by atoms with Crippen molar-refractivity contribution < 1.29 is 14.7 Å². The summed E-state index contributed by atoms with van der Waals surface area (Å²) >= 11 is 0. The Kier molecular flexibility index (Phi) is 3.32. The van der Waals surface area contributed by atoms with E-state index in [1.54, 1.807) is 11.7 Å². The van der Waals surface area contributed by atoms with Gasteiger partial charge in [0.1, 0.15) is 5.56 Å². The molecule has 3 N–H and O–H groups in total. The summed E-state index contributed by atoms with van der Waals surface area (Å²) in [4.78, 5) is 24.5. The highest BCUT2D eigenvalue weighted by atomic mass is 16.4. The molecule has 1 aliphatic rings. The number of aryl methyl sites for hydroxylation is 1. The highest BCUT2D eigenvalue weighted by Gasteiger charge is 2.39. The number of carbonyl (C=O) groups excluding carboxylic acids is 1. The molecule has 1 fully saturated rings. The van der Waals surface area contributed by atoms with Crippen molar-refractivity contribution in [2.75, 3.05) is 13.1 Å². The molecule has 1 aromatic heterocycles. The van der Waals surface area contributed by atoms with E-state index in [0.717, 1.165) is 6.54 Å². The van der Waals surface area contributed by atoms with Crippen LogP contribution in [0.3, 0.4) is 0 Å². The number of aromatic nitrogens is 2. The zero-order valence-electron chi connectivity index (χ0n) is 11.1. The lowest BCUT2D eigenvalue weighted by Gasteiger charge is -2.21. The Morgan fingerprint density at radius 2 is 2.26 bits per heavy atom. The van der Waals surface area contributed by atoms with Gasteiger partial charge in [-0.25, -0.2) is 4.79 Å². The van der Waals surface area contributed by atoms with E-state index in [-0.39, 0.29) is 11.5 Å². The second kappa shape index (κ2) is 4.65. The predicted octanol–water partition coefficient (Wildman–Crippen LogP) is -0.184. The van der Waals surface area contributed by atoms with Crippen LogP contribution in [0.1, 0.15) is 29.4 Å². The third-order valence-corrected chi connectivity index (χ3v) is 3.81. The molecule has 1 atom stereocenters. The van der Waals surface area contributed by atoms with Crippen LogP contribution in [0.4, 0.5) is 0 Å². The van der Waals surface area contributed by atoms with Gasteiger partial charge in [-0.15, -0.1) is 0 Å². The first-order valence-corrected chi connectivity index (χ1v) is 6.10. The molecule has 0 radical (unpaired) electrons. The van der Waals surface area contributed by atoms with E-state index < -0.39 is 11.4 Å².